The zero-order valence-corrected chi connectivity index (χ0v) is 16.6. The number of hydrogen-bond acceptors (Lipinski definition) is 6. The summed E-state index contributed by atoms with van der Waals surface area (Å²) in [5.74, 6) is -0.845. The molecule has 1 atom stereocenters. The highest BCUT2D eigenvalue weighted by atomic mass is 32.1. The van der Waals surface area contributed by atoms with E-state index in [-0.39, 0.29) is 11.4 Å². The van der Waals surface area contributed by atoms with Crippen molar-refractivity contribution >= 4 is 34.7 Å². The molecule has 3 heterocycles. The highest BCUT2D eigenvalue weighted by molar-refractivity contribution is 7.10. The summed E-state index contributed by atoms with van der Waals surface area (Å²) < 4.78 is 20.1. The number of carbonyl (C=O) groups is 1. The molecule has 5 nitrogen and oxygen atoms in total. The number of thiazole rings is 1. The van der Waals surface area contributed by atoms with E-state index in [1.165, 1.54) is 46.5 Å². The van der Waals surface area contributed by atoms with Crippen LogP contribution in [0.2, 0.25) is 0 Å². The summed E-state index contributed by atoms with van der Waals surface area (Å²) in [4.78, 5) is 31.5. The number of rotatable bonds is 3. The van der Waals surface area contributed by atoms with Gasteiger partial charge in [0, 0.05) is 4.88 Å². The fourth-order valence-electron chi connectivity index (χ4n) is 3.12. The second kappa shape index (κ2) is 7.29. The van der Waals surface area contributed by atoms with Gasteiger partial charge in [-0.15, -0.1) is 11.3 Å². The summed E-state index contributed by atoms with van der Waals surface area (Å²) in [6.07, 6.45) is 1.70. The van der Waals surface area contributed by atoms with Gasteiger partial charge in [-0.2, -0.15) is 0 Å². The first kappa shape index (κ1) is 18.5. The van der Waals surface area contributed by atoms with E-state index in [0.29, 0.717) is 26.2 Å². The van der Waals surface area contributed by atoms with Crippen LogP contribution >= 0.6 is 22.7 Å². The van der Waals surface area contributed by atoms with Crippen molar-refractivity contribution in [2.45, 2.75) is 13.0 Å². The van der Waals surface area contributed by atoms with Crippen molar-refractivity contribution in [1.82, 2.24) is 4.57 Å². The van der Waals surface area contributed by atoms with Crippen LogP contribution in [0.1, 0.15) is 23.4 Å². The average molecular weight is 414 g/mol. The average Bonchev–Trinajstić information content (AvgIpc) is 3.31. The Balaban J connectivity index is 1.96. The van der Waals surface area contributed by atoms with Crippen molar-refractivity contribution < 1.29 is 13.9 Å². The van der Waals surface area contributed by atoms with Gasteiger partial charge in [-0.3, -0.25) is 9.36 Å². The zero-order valence-electron chi connectivity index (χ0n) is 15.0. The Kier molecular flexibility index (Phi) is 4.82. The molecule has 3 aromatic rings. The minimum atomic E-state index is -0.584. The van der Waals surface area contributed by atoms with Gasteiger partial charge in [0.1, 0.15) is 11.9 Å². The molecule has 28 heavy (non-hydrogen) atoms. The van der Waals surface area contributed by atoms with Gasteiger partial charge < -0.3 is 4.74 Å². The zero-order chi connectivity index (χ0) is 19.8. The summed E-state index contributed by atoms with van der Waals surface area (Å²) in [6.45, 7) is 1.74. The number of halogens is 1. The van der Waals surface area contributed by atoms with Crippen LogP contribution in [-0.2, 0) is 9.53 Å². The van der Waals surface area contributed by atoms with Gasteiger partial charge in [0.25, 0.3) is 5.56 Å². The first-order valence-corrected chi connectivity index (χ1v) is 10.1. The molecule has 0 bridgehead atoms. The van der Waals surface area contributed by atoms with Crippen molar-refractivity contribution in [2.75, 3.05) is 7.11 Å². The molecule has 0 saturated carbocycles. The molecule has 0 spiro atoms. The molecule has 0 aliphatic carbocycles. The fourth-order valence-corrected chi connectivity index (χ4v) is 4.99. The third-order valence-corrected chi connectivity index (χ3v) is 6.32. The molecule has 0 radical (unpaired) electrons. The lowest BCUT2D eigenvalue weighted by Gasteiger charge is -2.22. The van der Waals surface area contributed by atoms with Crippen molar-refractivity contribution in [3.05, 3.63) is 89.0 Å². The number of fused-ring (bicyclic) bond motifs is 1. The van der Waals surface area contributed by atoms with E-state index in [0.717, 1.165) is 4.88 Å². The number of allylic oxidation sites excluding steroid dienone is 1. The quantitative estimate of drug-likeness (QED) is 0.619. The Labute approximate surface area is 167 Å². The molecule has 1 aliphatic rings. The number of carbonyl (C=O) groups excluding carboxylic acids is 1. The van der Waals surface area contributed by atoms with Gasteiger partial charge in [-0.25, -0.2) is 14.2 Å². The molecule has 1 aliphatic heterocycles. The number of ether oxygens (including phenoxy) is 1. The van der Waals surface area contributed by atoms with Crippen molar-refractivity contribution in [3.63, 3.8) is 0 Å². The van der Waals surface area contributed by atoms with Crippen molar-refractivity contribution in [2.24, 2.45) is 4.99 Å². The number of benzene rings is 1. The first-order chi connectivity index (χ1) is 13.5. The van der Waals surface area contributed by atoms with Crippen LogP contribution < -0.4 is 14.9 Å². The predicted octanol–water partition coefficient (Wildman–Crippen LogP) is 2.61. The predicted molar refractivity (Wildman–Crippen MR) is 107 cm³/mol. The Morgan fingerprint density at radius 2 is 2.04 bits per heavy atom. The highest BCUT2D eigenvalue weighted by Crippen LogP contribution is 2.32. The minimum Gasteiger partial charge on any atom is -0.466 e. The SMILES string of the molecule is COC(=O)C1=C(C)N=c2s/c(=C/c3ccc(F)cc3)c(=O)n2[C@H]1c1cccs1. The second-order valence-corrected chi connectivity index (χ2v) is 8.13. The first-order valence-electron chi connectivity index (χ1n) is 8.39. The van der Waals surface area contributed by atoms with Gasteiger partial charge in [-0.05, 0) is 42.1 Å². The molecule has 0 unspecified atom stereocenters. The van der Waals surface area contributed by atoms with E-state index >= 15 is 0 Å². The fraction of sp³-hybridized carbons (Fsp3) is 0.150. The van der Waals surface area contributed by atoms with Gasteiger partial charge in [-0.1, -0.05) is 29.5 Å². The molecule has 142 valence electrons. The lowest BCUT2D eigenvalue weighted by atomic mass is 10.0. The topological polar surface area (TPSA) is 60.7 Å². The second-order valence-electron chi connectivity index (χ2n) is 6.14. The van der Waals surface area contributed by atoms with Crippen LogP contribution in [0.4, 0.5) is 4.39 Å². The smallest absolute Gasteiger partial charge is 0.338 e. The Morgan fingerprint density at radius 1 is 1.29 bits per heavy atom. The van der Waals surface area contributed by atoms with Crippen LogP contribution in [0.25, 0.3) is 6.08 Å². The Bertz CT molecular complexity index is 1250. The normalized spacial score (nSPS) is 16.7. The van der Waals surface area contributed by atoms with Gasteiger partial charge in [0.15, 0.2) is 4.80 Å². The van der Waals surface area contributed by atoms with Crippen LogP contribution in [0.15, 0.2) is 62.8 Å². The van der Waals surface area contributed by atoms with E-state index in [2.05, 4.69) is 4.99 Å². The molecule has 0 fully saturated rings. The molecule has 0 N–H and O–H groups in total. The number of methoxy groups -OCH3 is 1. The number of thiophene rings is 1. The lowest BCUT2D eigenvalue weighted by Crippen LogP contribution is -2.39. The summed E-state index contributed by atoms with van der Waals surface area (Å²) in [5.41, 5.74) is 1.34. The van der Waals surface area contributed by atoms with Crippen LogP contribution in [-0.4, -0.2) is 17.6 Å². The summed E-state index contributed by atoms with van der Waals surface area (Å²) in [6, 6.07) is 9.07. The molecule has 4 rings (SSSR count). The third kappa shape index (κ3) is 3.14. The standard InChI is InChI=1S/C20H15FN2O3S2/c1-11-16(19(25)26-2)17(14-4-3-9-27-14)23-18(24)15(28-20(23)22-11)10-12-5-7-13(21)8-6-12/h3-10,17H,1-2H3/b15-10+/t17-/m0/s1. The van der Waals surface area contributed by atoms with Crippen LogP contribution in [0.5, 0.6) is 0 Å². The third-order valence-electron chi connectivity index (χ3n) is 4.41. The lowest BCUT2D eigenvalue weighted by molar-refractivity contribution is -0.136. The molecular weight excluding hydrogens is 399 g/mol. The number of hydrogen-bond donors (Lipinski definition) is 0. The van der Waals surface area contributed by atoms with E-state index in [1.54, 1.807) is 25.1 Å². The van der Waals surface area contributed by atoms with Crippen LogP contribution in [0, 0.1) is 5.82 Å². The van der Waals surface area contributed by atoms with E-state index in [4.69, 9.17) is 4.74 Å². The molecule has 8 heteroatoms. The minimum absolute atomic E-state index is 0.250. The maximum atomic E-state index is 13.2. The monoisotopic (exact) mass is 414 g/mol. The van der Waals surface area contributed by atoms with Gasteiger partial charge >= 0.3 is 5.97 Å². The maximum Gasteiger partial charge on any atom is 0.338 e. The molecule has 0 amide bonds. The van der Waals surface area contributed by atoms with E-state index in [9.17, 15) is 14.0 Å². The summed E-state index contributed by atoms with van der Waals surface area (Å²) >= 11 is 2.70. The number of esters is 1. The molecular formula is C20H15FN2O3S2. The summed E-state index contributed by atoms with van der Waals surface area (Å²) in [5, 5.41) is 1.90. The highest BCUT2D eigenvalue weighted by Gasteiger charge is 2.33. The number of aromatic nitrogens is 1. The molecule has 0 saturated heterocycles. The Morgan fingerprint density at radius 3 is 2.68 bits per heavy atom. The van der Waals surface area contributed by atoms with Gasteiger partial charge in [0.05, 0.1) is 22.9 Å². The van der Waals surface area contributed by atoms with E-state index < -0.39 is 12.0 Å². The summed E-state index contributed by atoms with van der Waals surface area (Å²) in [7, 11) is 1.31. The van der Waals surface area contributed by atoms with Crippen molar-refractivity contribution in [3.8, 4) is 0 Å². The van der Waals surface area contributed by atoms with Crippen molar-refractivity contribution in [1.29, 1.82) is 0 Å². The molecule has 2 aromatic heterocycles. The van der Waals surface area contributed by atoms with E-state index in [1.807, 2.05) is 17.5 Å². The maximum absolute atomic E-state index is 13.2. The van der Waals surface area contributed by atoms with Crippen LogP contribution in [0.3, 0.4) is 0 Å². The number of nitrogens with zero attached hydrogens (tertiary/aromatic N) is 2. The molecule has 1 aromatic carbocycles. The largest absolute Gasteiger partial charge is 0.466 e. The Hall–Kier alpha value is -2.84. The van der Waals surface area contributed by atoms with Gasteiger partial charge in [0.2, 0.25) is 0 Å².